The number of hydrogen-bond donors (Lipinski definition) is 2. The molecule has 0 saturated heterocycles. The molecular weight excluding hydrogens is 158 g/mol. The molecule has 0 spiro atoms. The molecule has 0 heterocycles. The van der Waals surface area contributed by atoms with Gasteiger partial charge in [0.1, 0.15) is 0 Å². The topological polar surface area (TPSA) is 58.6 Å². The van der Waals surface area contributed by atoms with E-state index < -0.39 is 0 Å². The van der Waals surface area contributed by atoms with Gasteiger partial charge in [-0.1, -0.05) is 20.8 Å². The summed E-state index contributed by atoms with van der Waals surface area (Å²) in [5.74, 6) is -0.160. The van der Waals surface area contributed by atoms with Gasteiger partial charge in [0.15, 0.2) is 0 Å². The van der Waals surface area contributed by atoms with Gasteiger partial charge in [0.2, 0.25) is 5.91 Å². The number of rotatable bonds is 5. The van der Waals surface area contributed by atoms with Crippen molar-refractivity contribution in [1.82, 2.24) is 5.48 Å². The van der Waals surface area contributed by atoms with Gasteiger partial charge in [0.05, 0.1) is 6.61 Å². The van der Waals surface area contributed by atoms with Crippen LogP contribution in [0.5, 0.6) is 0 Å². The van der Waals surface area contributed by atoms with E-state index >= 15 is 0 Å². The Morgan fingerprint density at radius 2 is 2.08 bits per heavy atom. The molecule has 0 aromatic heterocycles. The highest BCUT2D eigenvalue weighted by atomic mass is 16.7. The minimum atomic E-state index is -0.139. The maximum Gasteiger partial charge on any atom is 0.246 e. The number of hydrogen-bond acceptors (Lipinski definition) is 3. The lowest BCUT2D eigenvalue weighted by Crippen LogP contribution is -2.30. The van der Waals surface area contributed by atoms with Crippen molar-refractivity contribution in [3.05, 3.63) is 0 Å². The summed E-state index contributed by atoms with van der Waals surface area (Å²) in [7, 11) is 0. The molecule has 1 atom stereocenters. The van der Waals surface area contributed by atoms with E-state index in [1.807, 2.05) is 6.92 Å². The van der Waals surface area contributed by atoms with Gasteiger partial charge in [-0.3, -0.25) is 9.63 Å². The predicted octanol–water partition coefficient (Wildman–Crippen LogP) is 0.319. The SMILES string of the molecule is CC(C)C(=O)NOC[C@@H](C)CO. The van der Waals surface area contributed by atoms with Crippen molar-refractivity contribution in [1.29, 1.82) is 0 Å². The molecule has 4 heteroatoms. The van der Waals surface area contributed by atoms with Gasteiger partial charge in [-0.25, -0.2) is 5.48 Å². The van der Waals surface area contributed by atoms with Crippen molar-refractivity contribution >= 4 is 5.91 Å². The van der Waals surface area contributed by atoms with Gasteiger partial charge in [-0.2, -0.15) is 0 Å². The van der Waals surface area contributed by atoms with Crippen molar-refractivity contribution in [2.24, 2.45) is 11.8 Å². The zero-order valence-electron chi connectivity index (χ0n) is 7.83. The summed E-state index contributed by atoms with van der Waals surface area (Å²) in [6, 6.07) is 0. The van der Waals surface area contributed by atoms with Crippen LogP contribution in [0.4, 0.5) is 0 Å². The molecule has 0 aromatic carbocycles. The number of carbonyl (C=O) groups is 1. The number of aliphatic hydroxyl groups excluding tert-OH is 1. The second-order valence-corrected chi connectivity index (χ2v) is 3.22. The normalized spacial score (nSPS) is 13.1. The summed E-state index contributed by atoms with van der Waals surface area (Å²) in [5.41, 5.74) is 2.30. The summed E-state index contributed by atoms with van der Waals surface area (Å²) in [5, 5.41) is 8.62. The summed E-state index contributed by atoms with van der Waals surface area (Å²) in [6.45, 7) is 5.82. The fraction of sp³-hybridized carbons (Fsp3) is 0.875. The molecule has 0 aliphatic rings. The van der Waals surface area contributed by atoms with E-state index in [4.69, 9.17) is 9.94 Å². The smallest absolute Gasteiger partial charge is 0.246 e. The van der Waals surface area contributed by atoms with Crippen LogP contribution < -0.4 is 5.48 Å². The Hall–Kier alpha value is -0.610. The third-order valence-electron chi connectivity index (χ3n) is 1.38. The van der Waals surface area contributed by atoms with Gasteiger partial charge in [-0.15, -0.1) is 0 Å². The maximum atomic E-state index is 10.9. The molecule has 0 aliphatic heterocycles. The largest absolute Gasteiger partial charge is 0.396 e. The van der Waals surface area contributed by atoms with Gasteiger partial charge in [-0.05, 0) is 0 Å². The first-order chi connectivity index (χ1) is 5.57. The highest BCUT2D eigenvalue weighted by molar-refractivity contribution is 5.76. The second kappa shape index (κ2) is 5.97. The van der Waals surface area contributed by atoms with Crippen LogP contribution in [0, 0.1) is 11.8 Å². The molecule has 4 nitrogen and oxygen atoms in total. The monoisotopic (exact) mass is 175 g/mol. The Balaban J connectivity index is 3.37. The molecule has 0 unspecified atom stereocenters. The van der Waals surface area contributed by atoms with E-state index in [0.29, 0.717) is 6.61 Å². The molecule has 1 amide bonds. The van der Waals surface area contributed by atoms with Gasteiger partial charge < -0.3 is 5.11 Å². The predicted molar refractivity (Wildman–Crippen MR) is 45.2 cm³/mol. The zero-order chi connectivity index (χ0) is 9.56. The molecule has 12 heavy (non-hydrogen) atoms. The highest BCUT2D eigenvalue weighted by Gasteiger charge is 2.06. The summed E-state index contributed by atoms with van der Waals surface area (Å²) in [4.78, 5) is 15.8. The van der Waals surface area contributed by atoms with Crippen molar-refractivity contribution in [3.8, 4) is 0 Å². The number of amides is 1. The number of nitrogens with one attached hydrogen (secondary N) is 1. The van der Waals surface area contributed by atoms with E-state index in [2.05, 4.69) is 5.48 Å². The fourth-order valence-corrected chi connectivity index (χ4v) is 0.426. The van der Waals surface area contributed by atoms with Crippen LogP contribution in [0.2, 0.25) is 0 Å². The first-order valence-corrected chi connectivity index (χ1v) is 4.10. The molecule has 0 saturated carbocycles. The maximum absolute atomic E-state index is 10.9. The van der Waals surface area contributed by atoms with Gasteiger partial charge in [0.25, 0.3) is 0 Å². The van der Waals surface area contributed by atoms with Crippen LogP contribution >= 0.6 is 0 Å². The quantitative estimate of drug-likeness (QED) is 0.591. The van der Waals surface area contributed by atoms with E-state index in [0.717, 1.165) is 0 Å². The average Bonchev–Trinajstić information content (AvgIpc) is 2.03. The third-order valence-corrected chi connectivity index (χ3v) is 1.38. The second-order valence-electron chi connectivity index (χ2n) is 3.22. The van der Waals surface area contributed by atoms with Crippen LogP contribution in [-0.4, -0.2) is 24.2 Å². The van der Waals surface area contributed by atoms with E-state index in [1.165, 1.54) is 0 Å². The number of aliphatic hydroxyl groups is 1. The lowest BCUT2D eigenvalue weighted by molar-refractivity contribution is -0.138. The van der Waals surface area contributed by atoms with Crippen molar-refractivity contribution in [2.75, 3.05) is 13.2 Å². The minimum absolute atomic E-state index is 0.0532. The molecule has 2 N–H and O–H groups in total. The Bertz CT molecular complexity index is 136. The van der Waals surface area contributed by atoms with Crippen LogP contribution in [0.25, 0.3) is 0 Å². The van der Waals surface area contributed by atoms with E-state index in [-0.39, 0.29) is 24.3 Å². The Labute approximate surface area is 72.9 Å². The van der Waals surface area contributed by atoms with Gasteiger partial charge >= 0.3 is 0 Å². The van der Waals surface area contributed by atoms with Gasteiger partial charge in [0, 0.05) is 18.4 Å². The molecule has 0 bridgehead atoms. The molecular formula is C8H17NO3. The summed E-state index contributed by atoms with van der Waals surface area (Å²) < 4.78 is 0. The molecule has 0 fully saturated rings. The van der Waals surface area contributed by atoms with Crippen LogP contribution in [0.15, 0.2) is 0 Å². The third kappa shape index (κ3) is 5.09. The number of hydroxylamine groups is 1. The lowest BCUT2D eigenvalue weighted by atomic mass is 10.2. The standard InChI is InChI=1S/C8H17NO3/c1-6(2)8(11)9-12-5-7(3)4-10/h6-7,10H,4-5H2,1-3H3,(H,9,11)/t7-/m0/s1. The van der Waals surface area contributed by atoms with Crippen LogP contribution in [-0.2, 0) is 9.63 Å². The zero-order valence-corrected chi connectivity index (χ0v) is 7.83. The van der Waals surface area contributed by atoms with Crippen LogP contribution in [0.3, 0.4) is 0 Å². The van der Waals surface area contributed by atoms with E-state index in [9.17, 15) is 4.79 Å². The first-order valence-electron chi connectivity index (χ1n) is 4.10. The fourth-order valence-electron chi connectivity index (χ4n) is 0.426. The lowest BCUT2D eigenvalue weighted by Gasteiger charge is -2.10. The van der Waals surface area contributed by atoms with Crippen molar-refractivity contribution in [3.63, 3.8) is 0 Å². The molecule has 0 radical (unpaired) electrons. The van der Waals surface area contributed by atoms with Crippen molar-refractivity contribution in [2.45, 2.75) is 20.8 Å². The number of carbonyl (C=O) groups excluding carboxylic acids is 1. The Morgan fingerprint density at radius 3 is 2.50 bits per heavy atom. The summed E-state index contributed by atoms with van der Waals surface area (Å²) >= 11 is 0. The van der Waals surface area contributed by atoms with Crippen LogP contribution in [0.1, 0.15) is 20.8 Å². The average molecular weight is 175 g/mol. The summed E-state index contributed by atoms with van der Waals surface area (Å²) in [6.07, 6.45) is 0. The van der Waals surface area contributed by atoms with Crippen molar-refractivity contribution < 1.29 is 14.7 Å². The molecule has 72 valence electrons. The minimum Gasteiger partial charge on any atom is -0.396 e. The molecule has 0 rings (SSSR count). The Kier molecular flexibility index (Phi) is 5.66. The first kappa shape index (κ1) is 11.4. The molecule has 0 aliphatic carbocycles. The Morgan fingerprint density at radius 1 is 1.50 bits per heavy atom. The highest BCUT2D eigenvalue weighted by Crippen LogP contribution is 1.93. The molecule has 0 aromatic rings. The van der Waals surface area contributed by atoms with E-state index in [1.54, 1.807) is 13.8 Å².